The summed E-state index contributed by atoms with van der Waals surface area (Å²) in [5.74, 6) is -1.33. The molecule has 0 aromatic carbocycles. The summed E-state index contributed by atoms with van der Waals surface area (Å²) in [6, 6.07) is 0. The van der Waals surface area contributed by atoms with Crippen LogP contribution < -0.4 is 4.90 Å². The van der Waals surface area contributed by atoms with E-state index in [1.165, 1.54) is 4.90 Å². The smallest absolute Gasteiger partial charge is 0.308 e. The molecule has 1 aromatic heterocycles. The molecule has 1 aromatic rings. The number of aliphatic carboxylic acids is 1. The molecule has 1 aliphatic rings. The number of carbonyl (C=O) groups is 2. The van der Waals surface area contributed by atoms with E-state index in [1.54, 1.807) is 0 Å². The molecular formula is C9H10BrN3O3. The number of amides is 1. The van der Waals surface area contributed by atoms with Gasteiger partial charge < -0.3 is 5.11 Å². The Morgan fingerprint density at radius 3 is 2.81 bits per heavy atom. The van der Waals surface area contributed by atoms with Crippen LogP contribution >= 0.6 is 15.9 Å². The number of hydrogen-bond acceptors (Lipinski definition) is 3. The van der Waals surface area contributed by atoms with Gasteiger partial charge in [0.2, 0.25) is 5.91 Å². The summed E-state index contributed by atoms with van der Waals surface area (Å²) in [4.78, 5) is 23.8. The zero-order valence-electron chi connectivity index (χ0n) is 8.53. The molecule has 1 atom stereocenters. The van der Waals surface area contributed by atoms with Crippen LogP contribution in [0.25, 0.3) is 0 Å². The maximum atomic E-state index is 11.6. The second-order valence-corrected chi connectivity index (χ2v) is 4.52. The molecule has 2 rings (SSSR count). The highest BCUT2D eigenvalue weighted by atomic mass is 79.9. The molecule has 6 nitrogen and oxygen atoms in total. The number of anilines is 1. The Balaban J connectivity index is 2.26. The first-order valence-corrected chi connectivity index (χ1v) is 5.53. The normalized spacial score (nSPS) is 20.5. The molecule has 7 heteroatoms. The Morgan fingerprint density at radius 1 is 1.69 bits per heavy atom. The van der Waals surface area contributed by atoms with E-state index >= 15 is 0 Å². The molecule has 0 radical (unpaired) electrons. The summed E-state index contributed by atoms with van der Waals surface area (Å²) in [6.07, 6.45) is 0.0354. The molecule has 1 amide bonds. The van der Waals surface area contributed by atoms with Crippen LogP contribution in [-0.2, 0) is 9.59 Å². The van der Waals surface area contributed by atoms with Crippen molar-refractivity contribution in [1.29, 1.82) is 0 Å². The highest BCUT2D eigenvalue weighted by Crippen LogP contribution is 2.31. The van der Waals surface area contributed by atoms with Gasteiger partial charge in [0.1, 0.15) is 0 Å². The van der Waals surface area contributed by atoms with Gasteiger partial charge in [-0.25, -0.2) is 0 Å². The van der Waals surface area contributed by atoms with Crippen molar-refractivity contribution < 1.29 is 14.7 Å². The quantitative estimate of drug-likeness (QED) is 0.847. The van der Waals surface area contributed by atoms with Crippen LogP contribution in [0.15, 0.2) is 4.47 Å². The van der Waals surface area contributed by atoms with E-state index in [4.69, 9.17) is 5.11 Å². The lowest BCUT2D eigenvalue weighted by Gasteiger charge is -2.12. The van der Waals surface area contributed by atoms with Crippen LogP contribution in [-0.4, -0.2) is 33.7 Å². The topological polar surface area (TPSA) is 86.3 Å². The number of carboxylic acids is 1. The standard InChI is InChI=1S/C9H10BrN3O3/c1-4-7(10)8(12-11-4)13-3-5(9(15)16)2-6(13)14/h5H,2-3H2,1H3,(H,11,12)(H,15,16). The third-order valence-corrected chi connectivity index (χ3v) is 3.53. The Bertz CT molecular complexity index is 457. The number of aromatic nitrogens is 2. The number of aryl methyl sites for hydroxylation is 1. The van der Waals surface area contributed by atoms with Crippen molar-refractivity contribution in [2.45, 2.75) is 13.3 Å². The number of nitrogens with zero attached hydrogens (tertiary/aromatic N) is 2. The average Bonchev–Trinajstić information content (AvgIpc) is 2.73. The van der Waals surface area contributed by atoms with E-state index in [0.717, 1.165) is 5.69 Å². The minimum atomic E-state index is -0.945. The molecule has 0 spiro atoms. The lowest BCUT2D eigenvalue weighted by molar-refractivity contribution is -0.141. The molecule has 1 saturated heterocycles. The van der Waals surface area contributed by atoms with Crippen LogP contribution in [0.5, 0.6) is 0 Å². The maximum absolute atomic E-state index is 11.6. The Morgan fingerprint density at radius 2 is 2.38 bits per heavy atom. The number of carbonyl (C=O) groups excluding carboxylic acids is 1. The number of aromatic amines is 1. The first-order valence-electron chi connectivity index (χ1n) is 4.74. The van der Waals surface area contributed by atoms with Crippen LogP contribution in [0.2, 0.25) is 0 Å². The van der Waals surface area contributed by atoms with E-state index < -0.39 is 11.9 Å². The van der Waals surface area contributed by atoms with Gasteiger partial charge in [-0.2, -0.15) is 5.10 Å². The van der Waals surface area contributed by atoms with Gasteiger partial charge in [0.05, 0.1) is 10.4 Å². The molecule has 1 unspecified atom stereocenters. The van der Waals surface area contributed by atoms with Crippen LogP contribution in [0.1, 0.15) is 12.1 Å². The third-order valence-electron chi connectivity index (χ3n) is 2.59. The van der Waals surface area contributed by atoms with Crippen molar-refractivity contribution >= 4 is 33.6 Å². The first-order chi connectivity index (χ1) is 7.50. The number of H-pyrrole nitrogens is 1. The fourth-order valence-corrected chi connectivity index (χ4v) is 2.05. The number of carboxylic acid groups (broad SMARTS) is 1. The van der Waals surface area contributed by atoms with E-state index in [1.807, 2.05) is 6.92 Å². The van der Waals surface area contributed by atoms with Gasteiger partial charge in [-0.05, 0) is 22.9 Å². The molecular weight excluding hydrogens is 278 g/mol. The van der Waals surface area contributed by atoms with Crippen LogP contribution in [0.4, 0.5) is 5.82 Å². The SMILES string of the molecule is Cc1[nH]nc(N2CC(C(=O)O)CC2=O)c1Br. The van der Waals surface area contributed by atoms with Gasteiger partial charge in [0, 0.05) is 18.7 Å². The fraction of sp³-hybridized carbons (Fsp3) is 0.444. The van der Waals surface area contributed by atoms with Crippen molar-refractivity contribution in [3.8, 4) is 0 Å². The largest absolute Gasteiger partial charge is 0.481 e. The highest BCUT2D eigenvalue weighted by molar-refractivity contribution is 9.10. The maximum Gasteiger partial charge on any atom is 0.308 e. The number of halogens is 1. The van der Waals surface area contributed by atoms with Crippen molar-refractivity contribution in [1.82, 2.24) is 10.2 Å². The number of hydrogen-bond donors (Lipinski definition) is 2. The van der Waals surface area contributed by atoms with Gasteiger partial charge in [0.25, 0.3) is 0 Å². The summed E-state index contributed by atoms with van der Waals surface area (Å²) in [6.45, 7) is 1.99. The third kappa shape index (κ3) is 1.71. The molecule has 16 heavy (non-hydrogen) atoms. The first kappa shape index (κ1) is 11.1. The van der Waals surface area contributed by atoms with Crippen molar-refractivity contribution in [3.05, 3.63) is 10.2 Å². The van der Waals surface area contributed by atoms with Crippen LogP contribution in [0, 0.1) is 12.8 Å². The van der Waals surface area contributed by atoms with E-state index in [9.17, 15) is 9.59 Å². The van der Waals surface area contributed by atoms with E-state index in [2.05, 4.69) is 26.1 Å². The number of rotatable bonds is 2. The van der Waals surface area contributed by atoms with E-state index in [-0.39, 0.29) is 18.9 Å². The average molecular weight is 288 g/mol. The summed E-state index contributed by atoms with van der Waals surface area (Å²) >= 11 is 3.31. The minimum Gasteiger partial charge on any atom is -0.481 e. The van der Waals surface area contributed by atoms with Gasteiger partial charge in [-0.3, -0.25) is 19.6 Å². The predicted molar refractivity (Wildman–Crippen MR) is 59.1 cm³/mol. The Hall–Kier alpha value is -1.37. The molecule has 1 fully saturated rings. The summed E-state index contributed by atoms with van der Waals surface area (Å²) in [7, 11) is 0. The molecule has 2 N–H and O–H groups in total. The molecule has 0 bridgehead atoms. The lowest BCUT2D eigenvalue weighted by atomic mass is 10.1. The van der Waals surface area contributed by atoms with Gasteiger partial charge in [-0.1, -0.05) is 0 Å². The summed E-state index contributed by atoms with van der Waals surface area (Å²) < 4.78 is 0.701. The molecule has 0 aliphatic carbocycles. The molecule has 86 valence electrons. The fourth-order valence-electron chi connectivity index (χ4n) is 1.66. The zero-order chi connectivity index (χ0) is 11.9. The molecule has 2 heterocycles. The second-order valence-electron chi connectivity index (χ2n) is 3.73. The Kier molecular flexibility index (Phi) is 2.71. The predicted octanol–water partition coefficient (Wildman–Crippen LogP) is 0.918. The van der Waals surface area contributed by atoms with Crippen molar-refractivity contribution in [3.63, 3.8) is 0 Å². The number of nitrogens with one attached hydrogen (secondary N) is 1. The van der Waals surface area contributed by atoms with E-state index in [0.29, 0.717) is 10.3 Å². The monoisotopic (exact) mass is 287 g/mol. The molecule has 0 saturated carbocycles. The second kappa shape index (κ2) is 3.89. The summed E-state index contributed by atoms with van der Waals surface area (Å²) in [5, 5.41) is 15.6. The van der Waals surface area contributed by atoms with Crippen LogP contribution in [0.3, 0.4) is 0 Å². The van der Waals surface area contributed by atoms with Gasteiger partial charge >= 0.3 is 5.97 Å². The van der Waals surface area contributed by atoms with Gasteiger partial charge in [0.15, 0.2) is 5.82 Å². The molecule has 1 aliphatic heterocycles. The Labute approximate surface area is 99.8 Å². The van der Waals surface area contributed by atoms with Crippen molar-refractivity contribution in [2.24, 2.45) is 5.92 Å². The van der Waals surface area contributed by atoms with Gasteiger partial charge in [-0.15, -0.1) is 0 Å². The zero-order valence-corrected chi connectivity index (χ0v) is 10.1. The van der Waals surface area contributed by atoms with Crippen molar-refractivity contribution in [2.75, 3.05) is 11.4 Å². The summed E-state index contributed by atoms with van der Waals surface area (Å²) in [5.41, 5.74) is 0.807. The minimum absolute atomic E-state index is 0.0354. The lowest BCUT2D eigenvalue weighted by Crippen LogP contribution is -2.26. The highest BCUT2D eigenvalue weighted by Gasteiger charge is 2.37.